The van der Waals surface area contributed by atoms with E-state index in [4.69, 9.17) is 5.26 Å². The van der Waals surface area contributed by atoms with Gasteiger partial charge in [-0.2, -0.15) is 21.3 Å². The van der Waals surface area contributed by atoms with E-state index in [2.05, 4.69) is 4.98 Å². The average Bonchev–Trinajstić information content (AvgIpc) is 2.40. The van der Waals surface area contributed by atoms with Crippen molar-refractivity contribution in [2.45, 2.75) is 4.90 Å². The summed E-state index contributed by atoms with van der Waals surface area (Å²) in [6, 6.07) is 4.72. The first kappa shape index (κ1) is 12.4. The molecule has 90 valence electrons. The molecule has 0 radical (unpaired) electrons. The molecule has 7 heteroatoms. The zero-order valence-corrected chi connectivity index (χ0v) is 10.7. The largest absolute Gasteiger partial charge is 0.244 e. The van der Waals surface area contributed by atoms with E-state index in [0.717, 1.165) is 11.5 Å². The fraction of sp³-hybridized carbons (Fsp3) is 0.400. The van der Waals surface area contributed by atoms with Crippen LogP contribution in [0, 0.1) is 11.3 Å². The van der Waals surface area contributed by atoms with E-state index < -0.39 is 10.0 Å². The molecule has 2 heterocycles. The summed E-state index contributed by atoms with van der Waals surface area (Å²) in [5.41, 5.74) is 0.221. The van der Waals surface area contributed by atoms with E-state index in [-0.39, 0.29) is 10.6 Å². The van der Waals surface area contributed by atoms with Crippen molar-refractivity contribution in [2.75, 3.05) is 24.6 Å². The van der Waals surface area contributed by atoms with Crippen LogP contribution in [-0.4, -0.2) is 42.3 Å². The molecule has 2 rings (SSSR count). The van der Waals surface area contributed by atoms with Crippen molar-refractivity contribution < 1.29 is 8.42 Å². The van der Waals surface area contributed by atoms with Gasteiger partial charge in [-0.15, -0.1) is 0 Å². The number of pyridine rings is 1. The number of rotatable bonds is 2. The summed E-state index contributed by atoms with van der Waals surface area (Å²) >= 11 is 1.75. The Labute approximate surface area is 105 Å². The third-order valence-electron chi connectivity index (χ3n) is 2.46. The Balaban J connectivity index is 2.27. The molecule has 0 unspecified atom stereocenters. The summed E-state index contributed by atoms with van der Waals surface area (Å²) in [6.45, 7) is 1.07. The van der Waals surface area contributed by atoms with E-state index in [1.54, 1.807) is 11.8 Å². The van der Waals surface area contributed by atoms with Gasteiger partial charge in [0.2, 0.25) is 10.0 Å². The molecule has 1 saturated heterocycles. The third kappa shape index (κ3) is 2.60. The van der Waals surface area contributed by atoms with Crippen LogP contribution in [0.15, 0.2) is 23.2 Å². The summed E-state index contributed by atoms with van der Waals surface area (Å²) < 4.78 is 25.8. The Morgan fingerprint density at radius 2 is 2.06 bits per heavy atom. The number of aromatic nitrogens is 1. The molecule has 0 atom stereocenters. The normalized spacial score (nSPS) is 17.6. The van der Waals surface area contributed by atoms with Crippen LogP contribution in [0.25, 0.3) is 0 Å². The number of nitriles is 1. The Hall–Kier alpha value is -1.10. The maximum atomic E-state index is 12.2. The minimum Gasteiger partial charge on any atom is -0.244 e. The van der Waals surface area contributed by atoms with Crippen molar-refractivity contribution in [1.82, 2.24) is 9.29 Å². The topological polar surface area (TPSA) is 74.1 Å². The first-order valence-electron chi connectivity index (χ1n) is 5.08. The Bertz CT molecular complexity index is 528. The number of nitrogens with zero attached hydrogens (tertiary/aromatic N) is 3. The standard InChI is InChI=1S/C10H11N3O2S2/c11-7-9-1-2-10(8-12-9)17(14,15)13-3-5-16-6-4-13/h1-2,8H,3-6H2. The zero-order chi connectivity index (χ0) is 12.3. The van der Waals surface area contributed by atoms with Gasteiger partial charge in [0, 0.05) is 30.8 Å². The van der Waals surface area contributed by atoms with Crippen LogP contribution in [0.3, 0.4) is 0 Å². The number of hydrogen-bond acceptors (Lipinski definition) is 5. The van der Waals surface area contributed by atoms with Gasteiger partial charge in [0.1, 0.15) is 16.7 Å². The fourth-order valence-corrected chi connectivity index (χ4v) is 4.06. The molecule has 0 N–H and O–H groups in total. The lowest BCUT2D eigenvalue weighted by molar-refractivity contribution is 0.443. The SMILES string of the molecule is N#Cc1ccc(S(=O)(=O)N2CCSCC2)cn1. The molecule has 1 aliphatic heterocycles. The van der Waals surface area contributed by atoms with Gasteiger partial charge in [0.15, 0.2) is 0 Å². The highest BCUT2D eigenvalue weighted by Crippen LogP contribution is 2.19. The Kier molecular flexibility index (Phi) is 3.66. The second kappa shape index (κ2) is 5.04. The minimum absolute atomic E-state index is 0.156. The van der Waals surface area contributed by atoms with Crippen LogP contribution in [0.2, 0.25) is 0 Å². The quantitative estimate of drug-likeness (QED) is 0.789. The Morgan fingerprint density at radius 1 is 1.35 bits per heavy atom. The molecular weight excluding hydrogens is 258 g/mol. The van der Waals surface area contributed by atoms with Gasteiger partial charge in [-0.3, -0.25) is 0 Å². The van der Waals surface area contributed by atoms with Crippen molar-refractivity contribution in [3.8, 4) is 6.07 Å². The van der Waals surface area contributed by atoms with Gasteiger partial charge in [0.25, 0.3) is 0 Å². The predicted octanol–water partition coefficient (Wildman–Crippen LogP) is 0.691. The zero-order valence-electron chi connectivity index (χ0n) is 9.04. The highest BCUT2D eigenvalue weighted by molar-refractivity contribution is 7.99. The molecule has 0 aromatic carbocycles. The molecule has 1 aliphatic rings. The van der Waals surface area contributed by atoms with E-state index >= 15 is 0 Å². The molecular formula is C10H11N3O2S2. The monoisotopic (exact) mass is 269 g/mol. The van der Waals surface area contributed by atoms with E-state index in [1.807, 2.05) is 6.07 Å². The number of sulfonamides is 1. The molecule has 1 aromatic heterocycles. The lowest BCUT2D eigenvalue weighted by Crippen LogP contribution is -2.37. The van der Waals surface area contributed by atoms with Crippen LogP contribution in [-0.2, 0) is 10.0 Å². The van der Waals surface area contributed by atoms with Crippen LogP contribution in [0.1, 0.15) is 5.69 Å². The predicted molar refractivity (Wildman–Crippen MR) is 65.0 cm³/mol. The average molecular weight is 269 g/mol. The minimum atomic E-state index is -3.44. The van der Waals surface area contributed by atoms with Gasteiger partial charge >= 0.3 is 0 Å². The maximum Gasteiger partial charge on any atom is 0.244 e. The highest BCUT2D eigenvalue weighted by atomic mass is 32.2. The molecule has 0 bridgehead atoms. The lowest BCUT2D eigenvalue weighted by atomic mass is 10.4. The second-order valence-corrected chi connectivity index (χ2v) is 6.67. The van der Waals surface area contributed by atoms with Crippen molar-refractivity contribution in [3.63, 3.8) is 0 Å². The summed E-state index contributed by atoms with van der Waals surface area (Å²) in [5.74, 6) is 1.64. The first-order valence-corrected chi connectivity index (χ1v) is 7.68. The van der Waals surface area contributed by atoms with Gasteiger partial charge in [0.05, 0.1) is 0 Å². The van der Waals surface area contributed by atoms with Crippen molar-refractivity contribution >= 4 is 21.8 Å². The van der Waals surface area contributed by atoms with Crippen LogP contribution < -0.4 is 0 Å². The smallest absolute Gasteiger partial charge is 0.244 e. The lowest BCUT2D eigenvalue weighted by Gasteiger charge is -2.25. The molecule has 0 aliphatic carbocycles. The van der Waals surface area contributed by atoms with E-state index in [1.165, 1.54) is 22.6 Å². The van der Waals surface area contributed by atoms with Gasteiger partial charge < -0.3 is 0 Å². The van der Waals surface area contributed by atoms with E-state index in [0.29, 0.717) is 13.1 Å². The Morgan fingerprint density at radius 3 is 2.59 bits per heavy atom. The van der Waals surface area contributed by atoms with Crippen molar-refractivity contribution in [2.24, 2.45) is 0 Å². The summed E-state index contributed by atoms with van der Waals surface area (Å²) in [6.07, 6.45) is 1.25. The summed E-state index contributed by atoms with van der Waals surface area (Å²) in [4.78, 5) is 3.94. The van der Waals surface area contributed by atoms with Crippen LogP contribution >= 0.6 is 11.8 Å². The molecule has 0 saturated carbocycles. The third-order valence-corrected chi connectivity index (χ3v) is 5.28. The van der Waals surface area contributed by atoms with Crippen molar-refractivity contribution in [3.05, 3.63) is 24.0 Å². The highest BCUT2D eigenvalue weighted by Gasteiger charge is 2.26. The molecule has 17 heavy (non-hydrogen) atoms. The maximum absolute atomic E-state index is 12.2. The van der Waals surface area contributed by atoms with E-state index in [9.17, 15) is 8.42 Å². The number of hydrogen-bond donors (Lipinski definition) is 0. The molecule has 0 amide bonds. The van der Waals surface area contributed by atoms with Gasteiger partial charge in [-0.05, 0) is 12.1 Å². The van der Waals surface area contributed by atoms with Crippen LogP contribution in [0.5, 0.6) is 0 Å². The summed E-state index contributed by atoms with van der Waals surface area (Å²) in [5, 5.41) is 8.60. The van der Waals surface area contributed by atoms with Crippen molar-refractivity contribution in [1.29, 1.82) is 5.26 Å². The van der Waals surface area contributed by atoms with Gasteiger partial charge in [-0.1, -0.05) is 0 Å². The number of thioether (sulfide) groups is 1. The van der Waals surface area contributed by atoms with Crippen LogP contribution in [0.4, 0.5) is 0 Å². The molecule has 1 fully saturated rings. The fourth-order valence-electron chi connectivity index (χ4n) is 1.54. The molecule has 0 spiro atoms. The van der Waals surface area contributed by atoms with Gasteiger partial charge in [-0.25, -0.2) is 13.4 Å². The summed E-state index contributed by atoms with van der Waals surface area (Å²) in [7, 11) is -3.44. The first-order chi connectivity index (χ1) is 8.14. The molecule has 1 aromatic rings. The second-order valence-electron chi connectivity index (χ2n) is 3.51. The molecule has 5 nitrogen and oxygen atoms in total.